The van der Waals surface area contributed by atoms with Crippen LogP contribution in [0.3, 0.4) is 0 Å². The molecule has 0 N–H and O–H groups in total. The Morgan fingerprint density at radius 1 is 1.04 bits per heavy atom. The summed E-state index contributed by atoms with van der Waals surface area (Å²) in [5, 5.41) is 0. The molecule has 0 bridgehead atoms. The van der Waals surface area contributed by atoms with Gasteiger partial charge >= 0.3 is 0 Å². The van der Waals surface area contributed by atoms with E-state index in [1.807, 2.05) is 35.4 Å². The predicted molar refractivity (Wildman–Crippen MR) is 112 cm³/mol. The molecule has 4 heteroatoms. The first-order valence-electron chi connectivity index (χ1n) is 10.1. The van der Waals surface area contributed by atoms with Crippen LogP contribution < -0.4 is 0 Å². The van der Waals surface area contributed by atoms with Crippen LogP contribution in [0.15, 0.2) is 66.9 Å². The molecule has 2 heterocycles. The number of amides is 1. The number of carbonyl (C=O) groups is 1. The van der Waals surface area contributed by atoms with Crippen LogP contribution in [-0.2, 0) is 17.8 Å². The van der Waals surface area contributed by atoms with E-state index in [-0.39, 0.29) is 5.91 Å². The lowest BCUT2D eigenvalue weighted by Crippen LogP contribution is -2.51. The average molecular weight is 374 g/mol. The number of imidazole rings is 1. The van der Waals surface area contributed by atoms with Crippen LogP contribution in [0.5, 0.6) is 0 Å². The molecule has 0 spiro atoms. The average Bonchev–Trinajstić information content (AvgIpc) is 3.06. The summed E-state index contributed by atoms with van der Waals surface area (Å²) in [6.45, 7) is 4.74. The summed E-state index contributed by atoms with van der Waals surface area (Å²) in [6, 6.07) is 20.7. The van der Waals surface area contributed by atoms with Crippen molar-refractivity contribution in [1.29, 1.82) is 0 Å². The molecule has 0 unspecified atom stereocenters. The first kappa shape index (κ1) is 18.5. The Labute approximate surface area is 166 Å². The van der Waals surface area contributed by atoms with Crippen LogP contribution in [0.2, 0.25) is 0 Å². The highest BCUT2D eigenvalue weighted by Gasteiger charge is 2.31. The molecule has 1 fully saturated rings. The van der Waals surface area contributed by atoms with Crippen LogP contribution in [-0.4, -0.2) is 33.4 Å². The van der Waals surface area contributed by atoms with Gasteiger partial charge in [0, 0.05) is 49.4 Å². The smallest absolute Gasteiger partial charge is 0.222 e. The van der Waals surface area contributed by atoms with Gasteiger partial charge in [-0.15, -0.1) is 0 Å². The Bertz CT molecular complexity index is 912. The second-order valence-corrected chi connectivity index (χ2v) is 7.70. The number of carbonyl (C=O) groups excluding carboxylic acids is 1. The number of benzene rings is 2. The Hall–Kier alpha value is -2.88. The van der Waals surface area contributed by atoms with E-state index in [2.05, 4.69) is 52.9 Å². The van der Waals surface area contributed by atoms with Gasteiger partial charge in [-0.05, 0) is 25.3 Å². The molecule has 1 aliphatic rings. The summed E-state index contributed by atoms with van der Waals surface area (Å²) in [6.07, 6.45) is 4.47. The minimum atomic E-state index is 0.290. The number of hydrogen-bond donors (Lipinski definition) is 0. The molecular formula is C24H27N3O. The zero-order chi connectivity index (χ0) is 19.3. The fraction of sp³-hybridized carbons (Fsp3) is 0.333. The van der Waals surface area contributed by atoms with Gasteiger partial charge in [0.25, 0.3) is 0 Å². The van der Waals surface area contributed by atoms with Crippen LogP contribution in [0.25, 0.3) is 11.4 Å². The third-order valence-corrected chi connectivity index (χ3v) is 5.54. The highest BCUT2D eigenvalue weighted by Crippen LogP contribution is 2.25. The van der Waals surface area contributed by atoms with Gasteiger partial charge in [0.1, 0.15) is 5.82 Å². The van der Waals surface area contributed by atoms with Crippen molar-refractivity contribution in [2.45, 2.75) is 32.7 Å². The van der Waals surface area contributed by atoms with Crippen LogP contribution in [0.4, 0.5) is 0 Å². The second-order valence-electron chi connectivity index (χ2n) is 7.70. The van der Waals surface area contributed by atoms with E-state index in [0.717, 1.165) is 43.9 Å². The van der Waals surface area contributed by atoms with Gasteiger partial charge in [-0.2, -0.15) is 0 Å². The quantitative estimate of drug-likeness (QED) is 0.618. The fourth-order valence-electron chi connectivity index (χ4n) is 3.90. The van der Waals surface area contributed by atoms with Gasteiger partial charge in [0.05, 0.1) is 0 Å². The van der Waals surface area contributed by atoms with Crippen molar-refractivity contribution in [3.63, 3.8) is 0 Å². The van der Waals surface area contributed by atoms with Crippen molar-refractivity contribution >= 4 is 5.91 Å². The molecule has 1 aliphatic heterocycles. The van der Waals surface area contributed by atoms with Gasteiger partial charge in [0.2, 0.25) is 5.91 Å². The normalized spacial score (nSPS) is 14.1. The first-order chi connectivity index (χ1) is 13.7. The maximum Gasteiger partial charge on any atom is 0.222 e. The Balaban J connectivity index is 1.27. The summed E-state index contributed by atoms with van der Waals surface area (Å²) in [5.41, 5.74) is 3.62. The number of likely N-dealkylation sites (tertiary alicyclic amines) is 1. The number of hydrogen-bond acceptors (Lipinski definition) is 2. The number of aromatic nitrogens is 2. The molecule has 1 aromatic heterocycles. The Morgan fingerprint density at radius 3 is 2.43 bits per heavy atom. The van der Waals surface area contributed by atoms with Gasteiger partial charge in [-0.3, -0.25) is 4.79 Å². The van der Waals surface area contributed by atoms with E-state index in [9.17, 15) is 4.79 Å². The highest BCUT2D eigenvalue weighted by atomic mass is 16.2. The van der Waals surface area contributed by atoms with Crippen molar-refractivity contribution in [2.24, 2.45) is 5.92 Å². The van der Waals surface area contributed by atoms with Crippen molar-refractivity contribution in [2.75, 3.05) is 13.1 Å². The molecule has 0 saturated carbocycles. The van der Waals surface area contributed by atoms with Crippen molar-refractivity contribution < 1.29 is 4.79 Å². The molecule has 1 saturated heterocycles. The molecule has 4 rings (SSSR count). The van der Waals surface area contributed by atoms with Crippen LogP contribution >= 0.6 is 0 Å². The van der Waals surface area contributed by atoms with E-state index in [1.165, 1.54) is 11.3 Å². The van der Waals surface area contributed by atoms with Crippen molar-refractivity contribution in [3.05, 3.63) is 78.1 Å². The highest BCUT2D eigenvalue weighted by molar-refractivity contribution is 5.77. The maximum absolute atomic E-state index is 12.4. The van der Waals surface area contributed by atoms with E-state index < -0.39 is 0 Å². The standard InChI is InChI=1S/C24H27N3O/c1-19-15-25-24(22-12-6-3-7-13-22)27(19)18-21-16-26(17-21)23(28)14-8-11-20-9-4-2-5-10-20/h2-7,9-10,12-13,15,21H,8,11,14,16-18H2,1H3. The molecule has 0 radical (unpaired) electrons. The maximum atomic E-state index is 12.4. The first-order valence-corrected chi connectivity index (χ1v) is 10.1. The van der Waals surface area contributed by atoms with Crippen LogP contribution in [0.1, 0.15) is 24.1 Å². The molecule has 0 atom stereocenters. The van der Waals surface area contributed by atoms with E-state index in [1.54, 1.807) is 0 Å². The summed E-state index contributed by atoms with van der Waals surface area (Å²) in [4.78, 5) is 19.0. The lowest BCUT2D eigenvalue weighted by Gasteiger charge is -2.40. The molecule has 28 heavy (non-hydrogen) atoms. The summed E-state index contributed by atoms with van der Waals surface area (Å²) >= 11 is 0. The molecule has 144 valence electrons. The van der Waals surface area contributed by atoms with E-state index in [4.69, 9.17) is 0 Å². The van der Waals surface area contributed by atoms with Gasteiger partial charge in [0.15, 0.2) is 0 Å². The number of aryl methyl sites for hydroxylation is 2. The third-order valence-electron chi connectivity index (χ3n) is 5.54. The molecular weight excluding hydrogens is 346 g/mol. The van der Waals surface area contributed by atoms with Crippen LogP contribution in [0, 0.1) is 12.8 Å². The Morgan fingerprint density at radius 2 is 1.71 bits per heavy atom. The summed E-state index contributed by atoms with van der Waals surface area (Å²) < 4.78 is 2.29. The zero-order valence-electron chi connectivity index (χ0n) is 16.4. The SMILES string of the molecule is Cc1cnc(-c2ccccc2)n1CC1CN(C(=O)CCCc2ccccc2)C1. The zero-order valence-corrected chi connectivity index (χ0v) is 16.4. The molecule has 1 amide bonds. The molecule has 3 aromatic rings. The van der Waals surface area contributed by atoms with E-state index >= 15 is 0 Å². The van der Waals surface area contributed by atoms with Crippen molar-refractivity contribution in [1.82, 2.24) is 14.5 Å². The lowest BCUT2D eigenvalue weighted by molar-refractivity contribution is -0.137. The molecule has 0 aliphatic carbocycles. The largest absolute Gasteiger partial charge is 0.342 e. The molecule has 4 nitrogen and oxygen atoms in total. The second kappa shape index (κ2) is 8.42. The van der Waals surface area contributed by atoms with Gasteiger partial charge in [-0.25, -0.2) is 4.98 Å². The fourth-order valence-corrected chi connectivity index (χ4v) is 3.90. The number of rotatable bonds is 7. The minimum Gasteiger partial charge on any atom is -0.342 e. The summed E-state index contributed by atoms with van der Waals surface area (Å²) in [5.74, 6) is 1.82. The monoisotopic (exact) mass is 373 g/mol. The summed E-state index contributed by atoms with van der Waals surface area (Å²) in [7, 11) is 0. The van der Waals surface area contributed by atoms with Crippen molar-refractivity contribution in [3.8, 4) is 11.4 Å². The number of nitrogens with zero attached hydrogens (tertiary/aromatic N) is 3. The molecule has 2 aromatic carbocycles. The van der Waals surface area contributed by atoms with Gasteiger partial charge in [-0.1, -0.05) is 60.7 Å². The minimum absolute atomic E-state index is 0.290. The van der Waals surface area contributed by atoms with E-state index in [0.29, 0.717) is 12.3 Å². The topological polar surface area (TPSA) is 38.1 Å². The lowest BCUT2D eigenvalue weighted by atomic mass is 9.98. The Kier molecular flexibility index (Phi) is 5.56. The predicted octanol–water partition coefficient (Wildman–Crippen LogP) is 4.34. The van der Waals surface area contributed by atoms with Gasteiger partial charge < -0.3 is 9.47 Å². The third kappa shape index (κ3) is 4.16.